The lowest BCUT2D eigenvalue weighted by Gasteiger charge is -2.14. The number of benzene rings is 2. The average molecular weight is 271 g/mol. The molecule has 0 aliphatic heterocycles. The second-order valence-electron chi connectivity index (χ2n) is 4.56. The molecule has 2 aromatic rings. The summed E-state index contributed by atoms with van der Waals surface area (Å²) in [7, 11) is 0. The Morgan fingerprint density at radius 3 is 2.35 bits per heavy atom. The predicted octanol–water partition coefficient (Wildman–Crippen LogP) is 2.35. The van der Waals surface area contributed by atoms with Crippen molar-refractivity contribution in [3.63, 3.8) is 0 Å². The Balaban J connectivity index is 1.97. The molecule has 0 saturated carbocycles. The summed E-state index contributed by atoms with van der Waals surface area (Å²) >= 11 is 0. The molecule has 3 N–H and O–H groups in total. The molecule has 0 saturated heterocycles. The van der Waals surface area contributed by atoms with E-state index in [1.807, 2.05) is 24.3 Å². The number of hydrogen-bond acceptors (Lipinski definition) is 3. The maximum atomic E-state index is 11.3. The molecular formula is C16H17NO3. The molecular weight excluding hydrogens is 254 g/mol. The molecule has 0 radical (unpaired) electrons. The summed E-state index contributed by atoms with van der Waals surface area (Å²) in [4.78, 5) is 11.3. The van der Waals surface area contributed by atoms with Gasteiger partial charge in [-0.3, -0.25) is 4.79 Å². The van der Waals surface area contributed by atoms with Crippen molar-refractivity contribution in [1.29, 1.82) is 0 Å². The number of rotatable bonds is 6. The van der Waals surface area contributed by atoms with E-state index in [0.717, 1.165) is 11.1 Å². The zero-order valence-corrected chi connectivity index (χ0v) is 11.0. The summed E-state index contributed by atoms with van der Waals surface area (Å²) < 4.78 is 0. The van der Waals surface area contributed by atoms with Gasteiger partial charge in [0.15, 0.2) is 0 Å². The third kappa shape index (κ3) is 3.59. The van der Waals surface area contributed by atoms with Crippen LogP contribution in [-0.2, 0) is 11.3 Å². The fourth-order valence-electron chi connectivity index (χ4n) is 2.04. The molecule has 0 heterocycles. The number of phenolic OH excluding ortho intramolecular Hbond substituents is 1. The van der Waals surface area contributed by atoms with Crippen LogP contribution in [0.5, 0.6) is 5.75 Å². The van der Waals surface area contributed by atoms with E-state index < -0.39 is 11.9 Å². The largest absolute Gasteiger partial charge is 0.508 e. The third-order valence-corrected chi connectivity index (χ3v) is 3.16. The molecule has 4 heteroatoms. The Morgan fingerprint density at radius 1 is 1.05 bits per heavy atom. The maximum absolute atomic E-state index is 11.3. The third-order valence-electron chi connectivity index (χ3n) is 3.16. The second-order valence-corrected chi connectivity index (χ2v) is 4.56. The predicted molar refractivity (Wildman–Crippen MR) is 76.6 cm³/mol. The molecule has 0 aliphatic carbocycles. The van der Waals surface area contributed by atoms with E-state index in [1.165, 1.54) is 0 Å². The summed E-state index contributed by atoms with van der Waals surface area (Å²) in [6.45, 7) is 0.747. The highest BCUT2D eigenvalue weighted by Crippen LogP contribution is 2.17. The first kappa shape index (κ1) is 14.1. The minimum Gasteiger partial charge on any atom is -0.508 e. The van der Waals surface area contributed by atoms with Crippen LogP contribution in [0.2, 0.25) is 0 Å². The van der Waals surface area contributed by atoms with Crippen LogP contribution < -0.4 is 5.32 Å². The van der Waals surface area contributed by atoms with E-state index >= 15 is 0 Å². The van der Waals surface area contributed by atoms with Gasteiger partial charge in [0.05, 0.1) is 5.92 Å². The molecule has 0 spiro atoms. The lowest BCUT2D eigenvalue weighted by atomic mass is 9.99. The first-order valence-corrected chi connectivity index (χ1v) is 6.44. The summed E-state index contributed by atoms with van der Waals surface area (Å²) in [6.07, 6.45) is 0. The summed E-state index contributed by atoms with van der Waals surface area (Å²) in [5.74, 6) is -1.24. The van der Waals surface area contributed by atoms with Gasteiger partial charge in [-0.1, -0.05) is 48.5 Å². The van der Waals surface area contributed by atoms with Crippen molar-refractivity contribution in [1.82, 2.24) is 5.32 Å². The molecule has 104 valence electrons. The van der Waals surface area contributed by atoms with E-state index in [-0.39, 0.29) is 5.75 Å². The van der Waals surface area contributed by atoms with Crippen molar-refractivity contribution in [2.24, 2.45) is 0 Å². The van der Waals surface area contributed by atoms with Gasteiger partial charge in [-0.15, -0.1) is 0 Å². The fourth-order valence-corrected chi connectivity index (χ4v) is 2.04. The molecule has 20 heavy (non-hydrogen) atoms. The Hall–Kier alpha value is -2.33. The fraction of sp³-hybridized carbons (Fsp3) is 0.188. The molecule has 2 rings (SSSR count). The highest BCUT2D eigenvalue weighted by molar-refractivity contribution is 5.76. The molecule has 0 aromatic heterocycles. The standard InChI is InChI=1S/C16H17NO3/c18-15-9-5-4-8-13(15)10-17-11-14(16(19)20)12-6-2-1-3-7-12/h1-9,14,17-18H,10-11H2,(H,19,20). The molecule has 0 bridgehead atoms. The lowest BCUT2D eigenvalue weighted by molar-refractivity contribution is -0.138. The molecule has 1 unspecified atom stereocenters. The Labute approximate surface area is 117 Å². The van der Waals surface area contributed by atoms with Crippen molar-refractivity contribution >= 4 is 5.97 Å². The van der Waals surface area contributed by atoms with E-state index in [4.69, 9.17) is 0 Å². The van der Waals surface area contributed by atoms with Crippen LogP contribution in [0, 0.1) is 0 Å². The van der Waals surface area contributed by atoms with Crippen molar-refractivity contribution in [3.8, 4) is 5.75 Å². The van der Waals surface area contributed by atoms with Gasteiger partial charge in [-0.25, -0.2) is 0 Å². The van der Waals surface area contributed by atoms with Gasteiger partial charge in [0.2, 0.25) is 0 Å². The van der Waals surface area contributed by atoms with Gasteiger partial charge in [0.25, 0.3) is 0 Å². The molecule has 1 atom stereocenters. The van der Waals surface area contributed by atoms with Crippen molar-refractivity contribution in [2.45, 2.75) is 12.5 Å². The van der Waals surface area contributed by atoms with Crippen LogP contribution in [0.1, 0.15) is 17.0 Å². The lowest BCUT2D eigenvalue weighted by Crippen LogP contribution is -2.26. The number of nitrogens with one attached hydrogen (secondary N) is 1. The normalized spacial score (nSPS) is 12.0. The van der Waals surface area contributed by atoms with Crippen LogP contribution in [0.3, 0.4) is 0 Å². The van der Waals surface area contributed by atoms with E-state index in [1.54, 1.807) is 30.3 Å². The topological polar surface area (TPSA) is 69.6 Å². The number of phenols is 1. The van der Waals surface area contributed by atoms with Crippen LogP contribution in [0.15, 0.2) is 54.6 Å². The second kappa shape index (κ2) is 6.73. The van der Waals surface area contributed by atoms with Gasteiger partial charge >= 0.3 is 5.97 Å². The van der Waals surface area contributed by atoms with Gasteiger partial charge in [0, 0.05) is 18.7 Å². The number of hydrogen-bond donors (Lipinski definition) is 3. The van der Waals surface area contributed by atoms with Crippen LogP contribution in [0.25, 0.3) is 0 Å². The van der Waals surface area contributed by atoms with Gasteiger partial charge < -0.3 is 15.5 Å². The maximum Gasteiger partial charge on any atom is 0.312 e. The highest BCUT2D eigenvalue weighted by Gasteiger charge is 2.18. The minimum atomic E-state index is -0.860. The van der Waals surface area contributed by atoms with Crippen molar-refractivity contribution in [3.05, 3.63) is 65.7 Å². The van der Waals surface area contributed by atoms with Gasteiger partial charge in [0.1, 0.15) is 5.75 Å². The summed E-state index contributed by atoms with van der Waals surface area (Å²) in [5.41, 5.74) is 1.52. The molecule has 0 aliphatic rings. The zero-order chi connectivity index (χ0) is 14.4. The average Bonchev–Trinajstić information content (AvgIpc) is 2.46. The molecule has 0 fully saturated rings. The first-order chi connectivity index (χ1) is 9.68. The number of aromatic hydroxyl groups is 1. The molecule has 4 nitrogen and oxygen atoms in total. The summed E-state index contributed by atoms with van der Waals surface area (Å²) in [6, 6.07) is 16.1. The van der Waals surface area contributed by atoms with Crippen LogP contribution in [0.4, 0.5) is 0 Å². The molecule has 0 amide bonds. The minimum absolute atomic E-state index is 0.214. The van der Waals surface area contributed by atoms with E-state index in [9.17, 15) is 15.0 Å². The SMILES string of the molecule is O=C(O)C(CNCc1ccccc1O)c1ccccc1. The van der Waals surface area contributed by atoms with E-state index in [2.05, 4.69) is 5.32 Å². The number of aliphatic carboxylic acids is 1. The monoisotopic (exact) mass is 271 g/mol. The van der Waals surface area contributed by atoms with Crippen LogP contribution >= 0.6 is 0 Å². The molecule has 2 aromatic carbocycles. The van der Waals surface area contributed by atoms with Crippen LogP contribution in [-0.4, -0.2) is 22.7 Å². The highest BCUT2D eigenvalue weighted by atomic mass is 16.4. The zero-order valence-electron chi connectivity index (χ0n) is 11.0. The summed E-state index contributed by atoms with van der Waals surface area (Å²) in [5, 5.41) is 22.0. The number of carboxylic acids is 1. The van der Waals surface area contributed by atoms with Gasteiger partial charge in [-0.2, -0.15) is 0 Å². The Bertz CT molecular complexity index is 569. The number of carboxylic acid groups (broad SMARTS) is 1. The number of para-hydroxylation sites is 1. The first-order valence-electron chi connectivity index (χ1n) is 6.44. The van der Waals surface area contributed by atoms with E-state index in [0.29, 0.717) is 13.1 Å². The van der Waals surface area contributed by atoms with Crippen molar-refractivity contribution < 1.29 is 15.0 Å². The van der Waals surface area contributed by atoms with Gasteiger partial charge in [-0.05, 0) is 11.6 Å². The van der Waals surface area contributed by atoms with Crippen molar-refractivity contribution in [2.75, 3.05) is 6.54 Å². The Kier molecular flexibility index (Phi) is 4.74. The Morgan fingerprint density at radius 2 is 1.70 bits per heavy atom. The smallest absolute Gasteiger partial charge is 0.312 e. The number of carbonyl (C=O) groups is 1. The quantitative estimate of drug-likeness (QED) is 0.754.